The van der Waals surface area contributed by atoms with Gasteiger partial charge in [0.15, 0.2) is 5.96 Å². The largest absolute Gasteiger partial charge is 0.573 e. The minimum Gasteiger partial charge on any atom is -0.406 e. The first kappa shape index (κ1) is 14.5. The van der Waals surface area contributed by atoms with E-state index in [2.05, 4.69) is 15.0 Å². The number of nitrogens with zero attached hydrogens (tertiary/aromatic N) is 1. The van der Waals surface area contributed by atoms with E-state index in [0.717, 1.165) is 12.8 Å². The lowest BCUT2D eigenvalue weighted by Crippen LogP contribution is -2.25. The standard InChI is InChI=1S/C13H16F3N3O/c14-13(15,16)20-11-6-2-5-10(7-11)19-12(17)18-8-9-3-1-4-9/h2,5-7,9H,1,3-4,8H2,(H3,17,18,19). The maximum Gasteiger partial charge on any atom is 0.573 e. The Hall–Kier alpha value is -1.92. The molecular formula is C13H16F3N3O. The van der Waals surface area contributed by atoms with Crippen LogP contribution in [0.5, 0.6) is 5.75 Å². The van der Waals surface area contributed by atoms with Crippen LogP contribution in [0.3, 0.4) is 0 Å². The summed E-state index contributed by atoms with van der Waals surface area (Å²) in [6.45, 7) is 0.650. The third-order valence-corrected chi connectivity index (χ3v) is 3.08. The molecule has 1 aliphatic carbocycles. The van der Waals surface area contributed by atoms with Gasteiger partial charge in [0.1, 0.15) is 5.75 Å². The van der Waals surface area contributed by atoms with Crippen LogP contribution in [-0.2, 0) is 0 Å². The predicted molar refractivity (Wildman–Crippen MR) is 70.6 cm³/mol. The average molecular weight is 287 g/mol. The van der Waals surface area contributed by atoms with Crippen molar-refractivity contribution in [3.63, 3.8) is 0 Å². The van der Waals surface area contributed by atoms with Gasteiger partial charge < -0.3 is 15.8 Å². The molecule has 20 heavy (non-hydrogen) atoms. The molecule has 1 aromatic rings. The number of hydrogen-bond acceptors (Lipinski definition) is 2. The van der Waals surface area contributed by atoms with Crippen molar-refractivity contribution in [2.75, 3.05) is 11.9 Å². The summed E-state index contributed by atoms with van der Waals surface area (Å²) in [5.41, 5.74) is 6.09. The third kappa shape index (κ3) is 4.64. The third-order valence-electron chi connectivity index (χ3n) is 3.08. The maximum atomic E-state index is 12.1. The fourth-order valence-electron chi connectivity index (χ4n) is 1.86. The molecular weight excluding hydrogens is 271 g/mol. The second-order valence-electron chi connectivity index (χ2n) is 4.72. The normalized spacial score (nSPS) is 16.6. The fourth-order valence-corrected chi connectivity index (χ4v) is 1.86. The Morgan fingerprint density at radius 2 is 2.15 bits per heavy atom. The van der Waals surface area contributed by atoms with Gasteiger partial charge in [-0.2, -0.15) is 0 Å². The Morgan fingerprint density at radius 3 is 2.75 bits per heavy atom. The Labute approximate surface area is 114 Å². The molecule has 0 spiro atoms. The van der Waals surface area contributed by atoms with Gasteiger partial charge in [0.25, 0.3) is 0 Å². The number of rotatable bonds is 4. The topological polar surface area (TPSA) is 59.6 Å². The van der Waals surface area contributed by atoms with Crippen molar-refractivity contribution >= 4 is 11.6 Å². The highest BCUT2D eigenvalue weighted by molar-refractivity contribution is 5.92. The molecule has 1 aliphatic rings. The highest BCUT2D eigenvalue weighted by Crippen LogP contribution is 2.26. The average Bonchev–Trinajstić information content (AvgIpc) is 2.24. The molecule has 0 aromatic heterocycles. The zero-order chi connectivity index (χ0) is 14.6. The summed E-state index contributed by atoms with van der Waals surface area (Å²) in [7, 11) is 0. The Kier molecular flexibility index (Phi) is 4.36. The number of halogens is 3. The zero-order valence-electron chi connectivity index (χ0n) is 10.8. The number of ether oxygens (including phenoxy) is 1. The first-order valence-corrected chi connectivity index (χ1v) is 6.35. The molecule has 1 fully saturated rings. The Morgan fingerprint density at radius 1 is 1.40 bits per heavy atom. The molecule has 3 N–H and O–H groups in total. The number of benzene rings is 1. The van der Waals surface area contributed by atoms with Gasteiger partial charge in [-0.05, 0) is 30.9 Å². The summed E-state index contributed by atoms with van der Waals surface area (Å²) in [5.74, 6) is 0.477. The molecule has 0 heterocycles. The highest BCUT2D eigenvalue weighted by Gasteiger charge is 2.31. The molecule has 0 bridgehead atoms. The van der Waals surface area contributed by atoms with E-state index in [9.17, 15) is 13.2 Å². The first-order valence-electron chi connectivity index (χ1n) is 6.35. The van der Waals surface area contributed by atoms with Gasteiger partial charge in [-0.1, -0.05) is 12.5 Å². The Balaban J connectivity index is 1.92. The van der Waals surface area contributed by atoms with E-state index < -0.39 is 6.36 Å². The van der Waals surface area contributed by atoms with Crippen molar-refractivity contribution in [2.45, 2.75) is 25.6 Å². The van der Waals surface area contributed by atoms with Crippen LogP contribution in [0.15, 0.2) is 29.3 Å². The number of aliphatic imine (C=N–C) groups is 1. The van der Waals surface area contributed by atoms with Crippen molar-refractivity contribution in [3.8, 4) is 5.75 Å². The Bertz CT molecular complexity index is 484. The molecule has 1 saturated carbocycles. The molecule has 4 nitrogen and oxygen atoms in total. The molecule has 0 unspecified atom stereocenters. The minimum atomic E-state index is -4.71. The summed E-state index contributed by atoms with van der Waals surface area (Å²) in [4.78, 5) is 4.17. The monoisotopic (exact) mass is 287 g/mol. The van der Waals surface area contributed by atoms with Crippen LogP contribution in [0.2, 0.25) is 0 Å². The molecule has 0 atom stereocenters. The molecule has 7 heteroatoms. The first-order chi connectivity index (χ1) is 9.42. The quantitative estimate of drug-likeness (QED) is 0.660. The van der Waals surface area contributed by atoms with Gasteiger partial charge in [-0.3, -0.25) is 4.99 Å². The molecule has 110 valence electrons. The van der Waals surface area contributed by atoms with Crippen LogP contribution in [0.1, 0.15) is 19.3 Å². The SMILES string of the molecule is NC(=NCC1CCC1)Nc1cccc(OC(F)(F)F)c1. The van der Waals surface area contributed by atoms with Crippen molar-refractivity contribution in [1.29, 1.82) is 0 Å². The lowest BCUT2D eigenvalue weighted by atomic mass is 9.86. The minimum absolute atomic E-state index is 0.195. The van der Waals surface area contributed by atoms with Crippen LogP contribution < -0.4 is 15.8 Å². The predicted octanol–water partition coefficient (Wildman–Crippen LogP) is 3.11. The van der Waals surface area contributed by atoms with Crippen LogP contribution in [0.25, 0.3) is 0 Å². The summed E-state index contributed by atoms with van der Waals surface area (Å²) < 4.78 is 40.1. The molecule has 0 aliphatic heterocycles. The van der Waals surface area contributed by atoms with Gasteiger partial charge in [-0.25, -0.2) is 0 Å². The van der Waals surface area contributed by atoms with Gasteiger partial charge in [-0.15, -0.1) is 13.2 Å². The maximum absolute atomic E-state index is 12.1. The van der Waals surface area contributed by atoms with E-state index in [-0.39, 0.29) is 11.7 Å². The van der Waals surface area contributed by atoms with Crippen molar-refractivity contribution < 1.29 is 17.9 Å². The van der Waals surface area contributed by atoms with Crippen molar-refractivity contribution in [1.82, 2.24) is 0 Å². The van der Waals surface area contributed by atoms with Crippen molar-refractivity contribution in [3.05, 3.63) is 24.3 Å². The van der Waals surface area contributed by atoms with Gasteiger partial charge >= 0.3 is 6.36 Å². The zero-order valence-corrected chi connectivity index (χ0v) is 10.8. The van der Waals surface area contributed by atoms with E-state index in [1.165, 1.54) is 24.6 Å². The number of guanidine groups is 1. The van der Waals surface area contributed by atoms with E-state index >= 15 is 0 Å². The molecule has 0 saturated heterocycles. The lowest BCUT2D eigenvalue weighted by molar-refractivity contribution is -0.274. The van der Waals surface area contributed by atoms with E-state index in [1.54, 1.807) is 6.07 Å². The van der Waals surface area contributed by atoms with Gasteiger partial charge in [0.2, 0.25) is 0 Å². The van der Waals surface area contributed by atoms with Crippen LogP contribution in [-0.4, -0.2) is 18.9 Å². The van der Waals surface area contributed by atoms with E-state index in [4.69, 9.17) is 5.73 Å². The second-order valence-corrected chi connectivity index (χ2v) is 4.72. The molecule has 0 radical (unpaired) electrons. The van der Waals surface area contributed by atoms with Crippen LogP contribution in [0, 0.1) is 5.92 Å². The number of nitrogens with two attached hydrogens (primary N) is 1. The molecule has 1 aromatic carbocycles. The fraction of sp³-hybridized carbons (Fsp3) is 0.462. The van der Waals surface area contributed by atoms with Gasteiger partial charge in [0.05, 0.1) is 0 Å². The summed E-state index contributed by atoms with van der Waals surface area (Å²) in [6, 6.07) is 5.48. The lowest BCUT2D eigenvalue weighted by Gasteiger charge is -2.23. The molecule has 0 amide bonds. The van der Waals surface area contributed by atoms with E-state index in [1.807, 2.05) is 0 Å². The molecule has 2 rings (SSSR count). The number of anilines is 1. The van der Waals surface area contributed by atoms with Crippen LogP contribution >= 0.6 is 0 Å². The highest BCUT2D eigenvalue weighted by atomic mass is 19.4. The number of alkyl halides is 3. The summed E-state index contributed by atoms with van der Waals surface area (Å²) in [6.07, 6.45) is -1.16. The number of nitrogens with one attached hydrogen (secondary N) is 1. The second kappa shape index (κ2) is 6.02. The summed E-state index contributed by atoms with van der Waals surface area (Å²) in [5, 5.41) is 2.75. The van der Waals surface area contributed by atoms with E-state index in [0.29, 0.717) is 18.2 Å². The van der Waals surface area contributed by atoms with Gasteiger partial charge in [0, 0.05) is 18.3 Å². The number of hydrogen-bond donors (Lipinski definition) is 2. The van der Waals surface area contributed by atoms with Crippen LogP contribution in [0.4, 0.5) is 18.9 Å². The van der Waals surface area contributed by atoms with Crippen molar-refractivity contribution in [2.24, 2.45) is 16.6 Å². The summed E-state index contributed by atoms with van der Waals surface area (Å²) >= 11 is 0. The smallest absolute Gasteiger partial charge is 0.406 e.